The van der Waals surface area contributed by atoms with Crippen LogP contribution in [0.5, 0.6) is 0 Å². The molecule has 1 aliphatic rings. The molecule has 1 aliphatic heterocycles. The van der Waals surface area contributed by atoms with Crippen LogP contribution < -0.4 is 5.32 Å². The van der Waals surface area contributed by atoms with Gasteiger partial charge in [0.1, 0.15) is 11.1 Å². The van der Waals surface area contributed by atoms with Gasteiger partial charge in [0.25, 0.3) is 0 Å². The van der Waals surface area contributed by atoms with Crippen LogP contribution in [-0.2, 0) is 11.2 Å². The van der Waals surface area contributed by atoms with Crippen LogP contribution in [0.2, 0.25) is 0 Å². The molecule has 2 aromatic rings. The van der Waals surface area contributed by atoms with Gasteiger partial charge in [-0.15, -0.1) is 23.1 Å². The lowest BCUT2D eigenvalue weighted by molar-refractivity contribution is -0.115. The zero-order valence-corrected chi connectivity index (χ0v) is 11.6. The predicted molar refractivity (Wildman–Crippen MR) is 77.5 cm³/mol. The summed E-state index contributed by atoms with van der Waals surface area (Å²) < 4.78 is 0. The molecule has 1 amide bonds. The van der Waals surface area contributed by atoms with Crippen molar-refractivity contribution in [1.82, 2.24) is 0 Å². The molecule has 0 aliphatic carbocycles. The summed E-state index contributed by atoms with van der Waals surface area (Å²) in [6.45, 7) is 0. The van der Waals surface area contributed by atoms with Gasteiger partial charge in [-0.1, -0.05) is 18.2 Å². The summed E-state index contributed by atoms with van der Waals surface area (Å²) >= 11 is 2.97. The summed E-state index contributed by atoms with van der Waals surface area (Å²) in [5.74, 6) is -0.0276. The van der Waals surface area contributed by atoms with Crippen LogP contribution in [-0.4, -0.2) is 11.2 Å². The SMILES string of the molecule is N#Cc1ccsc1NC(=O)[C@H]1Cc2ccccc2S1. The normalized spacial score (nSPS) is 16.7. The minimum Gasteiger partial charge on any atom is -0.316 e. The maximum Gasteiger partial charge on any atom is 0.238 e. The highest BCUT2D eigenvalue weighted by molar-refractivity contribution is 8.01. The maximum absolute atomic E-state index is 12.2. The van der Waals surface area contributed by atoms with Crippen LogP contribution in [0.15, 0.2) is 40.6 Å². The summed E-state index contributed by atoms with van der Waals surface area (Å²) in [6, 6.07) is 11.9. The highest BCUT2D eigenvalue weighted by atomic mass is 32.2. The van der Waals surface area contributed by atoms with Crippen LogP contribution in [0.1, 0.15) is 11.1 Å². The third-order valence-corrected chi connectivity index (χ3v) is 5.11. The summed E-state index contributed by atoms with van der Waals surface area (Å²) in [7, 11) is 0. The van der Waals surface area contributed by atoms with Gasteiger partial charge in [-0.05, 0) is 29.5 Å². The van der Waals surface area contributed by atoms with Gasteiger partial charge in [0.2, 0.25) is 5.91 Å². The van der Waals surface area contributed by atoms with E-state index in [9.17, 15) is 4.79 Å². The number of fused-ring (bicyclic) bond motifs is 1. The molecule has 94 valence electrons. The molecular weight excluding hydrogens is 276 g/mol. The van der Waals surface area contributed by atoms with Crippen molar-refractivity contribution in [2.24, 2.45) is 0 Å². The first-order chi connectivity index (χ1) is 9.28. The Kier molecular flexibility index (Phi) is 3.28. The maximum atomic E-state index is 12.2. The Balaban J connectivity index is 1.72. The standard InChI is InChI=1S/C14H10N2OS2/c15-8-10-5-6-18-14(10)16-13(17)12-7-9-3-1-2-4-11(9)19-12/h1-6,12H,7H2,(H,16,17)/t12-/m1/s1. The van der Waals surface area contributed by atoms with Gasteiger partial charge in [-0.25, -0.2) is 0 Å². The Bertz CT molecular complexity index is 647. The number of amides is 1. The van der Waals surface area contributed by atoms with E-state index in [4.69, 9.17) is 5.26 Å². The molecule has 0 bridgehead atoms. The number of nitrogens with zero attached hydrogens (tertiary/aromatic N) is 1. The largest absolute Gasteiger partial charge is 0.316 e. The number of carbonyl (C=O) groups is 1. The highest BCUT2D eigenvalue weighted by Gasteiger charge is 2.28. The van der Waals surface area contributed by atoms with Crippen LogP contribution in [0.4, 0.5) is 5.00 Å². The number of nitrogens with one attached hydrogen (secondary N) is 1. The van der Waals surface area contributed by atoms with Crippen molar-refractivity contribution in [3.05, 3.63) is 46.8 Å². The third kappa shape index (κ3) is 2.37. The quantitative estimate of drug-likeness (QED) is 0.921. The lowest BCUT2D eigenvalue weighted by atomic mass is 10.1. The molecule has 2 heterocycles. The van der Waals surface area contributed by atoms with E-state index < -0.39 is 0 Å². The van der Waals surface area contributed by atoms with Gasteiger partial charge in [-0.3, -0.25) is 4.79 Å². The second-order valence-corrected chi connectivity index (χ2v) is 6.34. The average molecular weight is 286 g/mol. The first kappa shape index (κ1) is 12.3. The fraction of sp³-hybridized carbons (Fsp3) is 0.143. The summed E-state index contributed by atoms with van der Waals surface area (Å²) in [5, 5.41) is 14.1. The topological polar surface area (TPSA) is 52.9 Å². The molecule has 1 N–H and O–H groups in total. The molecule has 1 atom stereocenters. The van der Waals surface area contributed by atoms with Gasteiger partial charge in [0.05, 0.1) is 10.8 Å². The van der Waals surface area contributed by atoms with Crippen LogP contribution >= 0.6 is 23.1 Å². The van der Waals surface area contributed by atoms with E-state index in [1.165, 1.54) is 21.8 Å². The fourth-order valence-electron chi connectivity index (χ4n) is 2.01. The molecule has 0 saturated heterocycles. The number of rotatable bonds is 2. The molecule has 19 heavy (non-hydrogen) atoms. The summed E-state index contributed by atoms with van der Waals surface area (Å²) in [6.07, 6.45) is 0.750. The van der Waals surface area contributed by atoms with Crippen molar-refractivity contribution in [2.45, 2.75) is 16.6 Å². The number of hydrogen-bond acceptors (Lipinski definition) is 4. The van der Waals surface area contributed by atoms with Crippen molar-refractivity contribution in [1.29, 1.82) is 5.26 Å². The molecule has 3 rings (SSSR count). The monoisotopic (exact) mass is 286 g/mol. The minimum atomic E-state index is -0.106. The highest BCUT2D eigenvalue weighted by Crippen LogP contribution is 2.37. The molecule has 0 saturated carbocycles. The van der Waals surface area contributed by atoms with E-state index in [1.807, 2.05) is 23.6 Å². The van der Waals surface area contributed by atoms with E-state index >= 15 is 0 Å². The van der Waals surface area contributed by atoms with Gasteiger partial charge >= 0.3 is 0 Å². The summed E-state index contributed by atoms with van der Waals surface area (Å²) in [5.41, 5.74) is 1.75. The molecule has 5 heteroatoms. The van der Waals surface area contributed by atoms with Crippen molar-refractivity contribution in [2.75, 3.05) is 5.32 Å². The first-order valence-electron chi connectivity index (χ1n) is 5.81. The number of carbonyl (C=O) groups excluding carboxylic acids is 1. The Morgan fingerprint density at radius 3 is 3.00 bits per heavy atom. The smallest absolute Gasteiger partial charge is 0.238 e. The lowest BCUT2D eigenvalue weighted by Gasteiger charge is -2.08. The molecule has 0 spiro atoms. The minimum absolute atomic E-state index is 0.0276. The first-order valence-corrected chi connectivity index (χ1v) is 7.57. The molecule has 0 radical (unpaired) electrons. The van der Waals surface area contributed by atoms with E-state index in [1.54, 1.807) is 17.8 Å². The Hall–Kier alpha value is -1.77. The van der Waals surface area contributed by atoms with Crippen LogP contribution in [0.25, 0.3) is 0 Å². The van der Waals surface area contributed by atoms with Gasteiger partial charge < -0.3 is 5.32 Å². The molecule has 3 nitrogen and oxygen atoms in total. The number of thioether (sulfide) groups is 1. The van der Waals surface area contributed by atoms with Crippen molar-refractivity contribution in [3.8, 4) is 6.07 Å². The van der Waals surface area contributed by atoms with Crippen molar-refractivity contribution >= 4 is 34.0 Å². The Morgan fingerprint density at radius 2 is 2.21 bits per heavy atom. The van der Waals surface area contributed by atoms with Crippen LogP contribution in [0, 0.1) is 11.3 Å². The molecular formula is C14H10N2OS2. The zero-order valence-electron chi connectivity index (χ0n) is 9.92. The van der Waals surface area contributed by atoms with E-state index in [-0.39, 0.29) is 11.2 Å². The van der Waals surface area contributed by atoms with Crippen LogP contribution in [0.3, 0.4) is 0 Å². The zero-order chi connectivity index (χ0) is 13.2. The van der Waals surface area contributed by atoms with E-state index in [0.717, 1.165) is 6.42 Å². The molecule has 0 unspecified atom stereocenters. The van der Waals surface area contributed by atoms with E-state index in [0.29, 0.717) is 10.6 Å². The molecule has 0 fully saturated rings. The number of anilines is 1. The number of nitriles is 1. The third-order valence-electron chi connectivity index (χ3n) is 2.96. The second kappa shape index (κ2) is 5.08. The second-order valence-electron chi connectivity index (χ2n) is 4.18. The van der Waals surface area contributed by atoms with Crippen molar-refractivity contribution < 1.29 is 4.79 Å². The Labute approximate surface area is 119 Å². The predicted octanol–water partition coefficient (Wildman–Crippen LogP) is 3.28. The molecule has 1 aromatic carbocycles. The average Bonchev–Trinajstić information content (AvgIpc) is 3.03. The van der Waals surface area contributed by atoms with Gasteiger partial charge in [-0.2, -0.15) is 5.26 Å². The lowest BCUT2D eigenvalue weighted by Crippen LogP contribution is -2.24. The van der Waals surface area contributed by atoms with Gasteiger partial charge in [0, 0.05) is 4.90 Å². The number of hydrogen-bond donors (Lipinski definition) is 1. The molecule has 1 aromatic heterocycles. The number of benzene rings is 1. The number of thiophene rings is 1. The Morgan fingerprint density at radius 1 is 1.37 bits per heavy atom. The van der Waals surface area contributed by atoms with Crippen molar-refractivity contribution in [3.63, 3.8) is 0 Å². The van der Waals surface area contributed by atoms with Gasteiger partial charge in [0.15, 0.2) is 0 Å². The summed E-state index contributed by atoms with van der Waals surface area (Å²) in [4.78, 5) is 13.4. The van der Waals surface area contributed by atoms with E-state index in [2.05, 4.69) is 17.5 Å². The fourth-order valence-corrected chi connectivity index (χ4v) is 3.95.